The van der Waals surface area contributed by atoms with Crippen molar-refractivity contribution in [1.82, 2.24) is 14.5 Å². The van der Waals surface area contributed by atoms with Gasteiger partial charge >= 0.3 is 0 Å². The number of aromatic nitrogens is 2. The molecule has 1 saturated heterocycles. The summed E-state index contributed by atoms with van der Waals surface area (Å²) in [5.41, 5.74) is 6.83. The Bertz CT molecular complexity index is 809. The SMILES string of the molecule is Cl.Cl.NC1CCN(C[C@@H]2COc3c(F)cnc4ccc(=O)n2c34)CC1. The average Bonchev–Trinajstić information content (AvgIpc) is 2.56. The summed E-state index contributed by atoms with van der Waals surface area (Å²) < 4.78 is 21.2. The average molecular weight is 391 g/mol. The van der Waals surface area contributed by atoms with Gasteiger partial charge in [0.05, 0.1) is 17.8 Å². The molecule has 0 radical (unpaired) electrons. The Morgan fingerprint density at radius 1 is 1.28 bits per heavy atom. The fourth-order valence-electron chi connectivity index (χ4n) is 3.49. The lowest BCUT2D eigenvalue weighted by molar-refractivity contribution is 0.143. The first kappa shape index (κ1) is 19.9. The Labute approximate surface area is 157 Å². The number of hydrogen-bond donors (Lipinski definition) is 1. The molecule has 6 nitrogen and oxygen atoms in total. The molecule has 0 aliphatic carbocycles. The Kier molecular flexibility index (Phi) is 6.26. The summed E-state index contributed by atoms with van der Waals surface area (Å²) in [7, 11) is 0. The number of rotatable bonds is 2. The predicted octanol–water partition coefficient (Wildman–Crippen LogP) is 1.74. The Morgan fingerprint density at radius 3 is 2.72 bits per heavy atom. The molecule has 2 N–H and O–H groups in total. The van der Waals surface area contributed by atoms with Gasteiger partial charge in [0.25, 0.3) is 5.56 Å². The molecule has 2 aliphatic rings. The van der Waals surface area contributed by atoms with Crippen LogP contribution in [0.15, 0.2) is 23.1 Å². The van der Waals surface area contributed by atoms with Crippen molar-refractivity contribution in [2.24, 2.45) is 5.73 Å². The molecule has 25 heavy (non-hydrogen) atoms. The third kappa shape index (κ3) is 3.60. The maximum Gasteiger partial charge on any atom is 0.251 e. The second kappa shape index (κ2) is 7.86. The molecule has 1 fully saturated rings. The van der Waals surface area contributed by atoms with Crippen molar-refractivity contribution >= 4 is 35.8 Å². The summed E-state index contributed by atoms with van der Waals surface area (Å²) in [6, 6.07) is 3.22. The molecule has 2 aromatic rings. The summed E-state index contributed by atoms with van der Waals surface area (Å²) in [6.07, 6.45) is 3.05. The van der Waals surface area contributed by atoms with Crippen LogP contribution >= 0.6 is 24.8 Å². The van der Waals surface area contributed by atoms with Gasteiger partial charge in [0.2, 0.25) is 0 Å². The van der Waals surface area contributed by atoms with Crippen molar-refractivity contribution in [2.75, 3.05) is 26.2 Å². The second-order valence-electron chi connectivity index (χ2n) is 6.31. The second-order valence-corrected chi connectivity index (χ2v) is 6.31. The van der Waals surface area contributed by atoms with Gasteiger partial charge in [0.1, 0.15) is 12.1 Å². The number of likely N-dealkylation sites (tertiary alicyclic amines) is 1. The van der Waals surface area contributed by atoms with Crippen LogP contribution in [-0.2, 0) is 0 Å². The highest BCUT2D eigenvalue weighted by Crippen LogP contribution is 2.32. The number of piperidine rings is 1. The smallest absolute Gasteiger partial charge is 0.251 e. The number of nitrogens with zero attached hydrogens (tertiary/aromatic N) is 3. The zero-order valence-corrected chi connectivity index (χ0v) is 15.2. The minimum Gasteiger partial charge on any atom is -0.486 e. The van der Waals surface area contributed by atoms with Gasteiger partial charge in [0, 0.05) is 18.7 Å². The maximum absolute atomic E-state index is 14.0. The predicted molar refractivity (Wildman–Crippen MR) is 98.6 cm³/mol. The van der Waals surface area contributed by atoms with E-state index in [9.17, 15) is 9.18 Å². The quantitative estimate of drug-likeness (QED) is 0.844. The van der Waals surface area contributed by atoms with E-state index in [1.165, 1.54) is 6.07 Å². The minimum atomic E-state index is -0.528. The van der Waals surface area contributed by atoms with E-state index in [1.54, 1.807) is 10.6 Å². The van der Waals surface area contributed by atoms with E-state index in [0.717, 1.165) is 32.1 Å². The van der Waals surface area contributed by atoms with Crippen LogP contribution in [0.3, 0.4) is 0 Å². The Hall–Kier alpha value is -1.41. The van der Waals surface area contributed by atoms with Crippen molar-refractivity contribution in [3.63, 3.8) is 0 Å². The van der Waals surface area contributed by atoms with Crippen LogP contribution < -0.4 is 16.0 Å². The summed E-state index contributed by atoms with van der Waals surface area (Å²) in [6.45, 7) is 2.81. The van der Waals surface area contributed by atoms with Crippen LogP contribution in [0.25, 0.3) is 11.0 Å². The standard InChI is InChI=1S/C16H19FN4O2.2ClH/c17-12-7-19-13-1-2-14(22)21-11(9-23-16(12)15(13)21)8-20-5-3-10(18)4-6-20;;/h1-2,7,10-11H,3-6,8-9,18H2;2*1H/t11-;;/m1../s1. The fourth-order valence-corrected chi connectivity index (χ4v) is 3.49. The third-order valence-corrected chi connectivity index (χ3v) is 4.74. The number of nitrogens with two attached hydrogens (primary N) is 1. The van der Waals surface area contributed by atoms with Gasteiger partial charge in [-0.2, -0.15) is 0 Å². The summed E-state index contributed by atoms with van der Waals surface area (Å²) >= 11 is 0. The van der Waals surface area contributed by atoms with Crippen LogP contribution in [0, 0.1) is 5.82 Å². The lowest BCUT2D eigenvalue weighted by Crippen LogP contribution is -2.45. The van der Waals surface area contributed by atoms with Gasteiger partial charge in [-0.1, -0.05) is 0 Å². The van der Waals surface area contributed by atoms with Gasteiger partial charge in [-0.15, -0.1) is 24.8 Å². The number of pyridine rings is 2. The molecule has 4 rings (SSSR count). The van der Waals surface area contributed by atoms with Crippen molar-refractivity contribution < 1.29 is 9.13 Å². The van der Waals surface area contributed by atoms with Crippen LogP contribution in [0.5, 0.6) is 5.75 Å². The molecule has 0 saturated carbocycles. The van der Waals surface area contributed by atoms with Crippen LogP contribution in [0.4, 0.5) is 4.39 Å². The molecular weight excluding hydrogens is 370 g/mol. The van der Waals surface area contributed by atoms with E-state index >= 15 is 0 Å². The van der Waals surface area contributed by atoms with Gasteiger partial charge in [0.15, 0.2) is 11.6 Å². The molecule has 0 amide bonds. The fraction of sp³-hybridized carbons (Fsp3) is 0.500. The maximum atomic E-state index is 14.0. The first-order chi connectivity index (χ1) is 11.1. The van der Waals surface area contributed by atoms with Gasteiger partial charge in [-0.3, -0.25) is 14.3 Å². The molecule has 2 aliphatic heterocycles. The van der Waals surface area contributed by atoms with E-state index in [-0.39, 0.29) is 54.8 Å². The zero-order valence-electron chi connectivity index (χ0n) is 13.6. The van der Waals surface area contributed by atoms with Crippen LogP contribution in [-0.4, -0.2) is 46.7 Å². The Balaban J connectivity index is 0.00000113. The summed E-state index contributed by atoms with van der Waals surface area (Å²) in [5.74, 6) is -0.399. The number of halogens is 3. The molecule has 0 bridgehead atoms. The third-order valence-electron chi connectivity index (χ3n) is 4.74. The molecule has 0 unspecified atom stereocenters. The van der Waals surface area contributed by atoms with E-state index in [4.69, 9.17) is 10.5 Å². The van der Waals surface area contributed by atoms with E-state index < -0.39 is 5.82 Å². The van der Waals surface area contributed by atoms with E-state index in [0.29, 0.717) is 17.6 Å². The van der Waals surface area contributed by atoms with Crippen molar-refractivity contribution in [2.45, 2.75) is 24.9 Å². The normalized spacial score (nSPS) is 20.5. The lowest BCUT2D eigenvalue weighted by atomic mass is 10.1. The van der Waals surface area contributed by atoms with Crippen LogP contribution in [0.1, 0.15) is 18.9 Å². The highest BCUT2D eigenvalue weighted by atomic mass is 35.5. The first-order valence-electron chi connectivity index (χ1n) is 7.94. The van der Waals surface area contributed by atoms with Crippen molar-refractivity contribution in [3.05, 3.63) is 34.5 Å². The molecular formula is C16H21Cl2FN4O2. The zero-order chi connectivity index (χ0) is 16.0. The van der Waals surface area contributed by atoms with Gasteiger partial charge in [-0.25, -0.2) is 4.39 Å². The minimum absolute atomic E-state index is 0. The molecule has 4 heterocycles. The topological polar surface area (TPSA) is 73.4 Å². The number of hydrogen-bond acceptors (Lipinski definition) is 5. The van der Waals surface area contributed by atoms with Crippen molar-refractivity contribution in [3.8, 4) is 5.75 Å². The largest absolute Gasteiger partial charge is 0.486 e. The molecule has 0 aromatic carbocycles. The van der Waals surface area contributed by atoms with Gasteiger partial charge < -0.3 is 15.4 Å². The molecule has 9 heteroatoms. The first-order valence-corrected chi connectivity index (χ1v) is 7.94. The van der Waals surface area contributed by atoms with E-state index in [1.807, 2.05) is 0 Å². The summed E-state index contributed by atoms with van der Waals surface area (Å²) in [5, 5.41) is 0. The molecule has 2 aromatic heterocycles. The van der Waals surface area contributed by atoms with E-state index in [2.05, 4.69) is 9.88 Å². The van der Waals surface area contributed by atoms with Crippen molar-refractivity contribution in [1.29, 1.82) is 0 Å². The Morgan fingerprint density at radius 2 is 2.00 bits per heavy atom. The van der Waals surface area contributed by atoms with Gasteiger partial charge in [-0.05, 0) is 32.0 Å². The molecule has 0 spiro atoms. The highest BCUT2D eigenvalue weighted by molar-refractivity contribution is 5.85. The molecule has 138 valence electrons. The monoisotopic (exact) mass is 390 g/mol. The summed E-state index contributed by atoms with van der Waals surface area (Å²) in [4.78, 5) is 18.7. The number of ether oxygens (including phenoxy) is 1. The van der Waals surface area contributed by atoms with Crippen LogP contribution in [0.2, 0.25) is 0 Å². The lowest BCUT2D eigenvalue weighted by Gasteiger charge is -2.35. The molecule has 1 atom stereocenters. The highest BCUT2D eigenvalue weighted by Gasteiger charge is 2.29.